The Morgan fingerprint density at radius 2 is 1.93 bits per heavy atom. The smallest absolute Gasteiger partial charge is 0.272 e. The summed E-state index contributed by atoms with van der Waals surface area (Å²) in [4.78, 5) is 18.9. The van der Waals surface area contributed by atoms with Gasteiger partial charge in [-0.15, -0.1) is 0 Å². The lowest BCUT2D eigenvalue weighted by Gasteiger charge is -2.31. The summed E-state index contributed by atoms with van der Waals surface area (Å²) >= 11 is 0. The second kappa shape index (κ2) is 8.71. The summed E-state index contributed by atoms with van der Waals surface area (Å²) in [6.07, 6.45) is 2.23. The molecule has 1 aromatic carbocycles. The number of pyridine rings is 1. The van der Waals surface area contributed by atoms with Gasteiger partial charge in [0.15, 0.2) is 0 Å². The minimum absolute atomic E-state index is 0.154. The number of carbonyl (C=O) groups excluding carboxylic acids is 1. The fourth-order valence-corrected chi connectivity index (χ4v) is 5.86. The van der Waals surface area contributed by atoms with Crippen LogP contribution < -0.4 is 4.74 Å². The molecule has 0 aliphatic carbocycles. The molecule has 8 nitrogen and oxygen atoms in total. The van der Waals surface area contributed by atoms with Gasteiger partial charge in [0.1, 0.15) is 22.4 Å². The Labute approximate surface area is 176 Å². The van der Waals surface area contributed by atoms with Crippen LogP contribution in [0, 0.1) is 0 Å². The van der Waals surface area contributed by atoms with Crippen LogP contribution in [0.1, 0.15) is 23.3 Å². The van der Waals surface area contributed by atoms with Crippen molar-refractivity contribution in [1.29, 1.82) is 0 Å². The number of amides is 1. The first kappa shape index (κ1) is 20.8. The van der Waals surface area contributed by atoms with E-state index >= 15 is 0 Å². The van der Waals surface area contributed by atoms with E-state index < -0.39 is 10.0 Å². The molecule has 1 saturated heterocycles. The van der Waals surface area contributed by atoms with E-state index in [4.69, 9.17) is 9.47 Å². The molecule has 0 unspecified atom stereocenters. The van der Waals surface area contributed by atoms with Crippen LogP contribution in [0.4, 0.5) is 0 Å². The van der Waals surface area contributed by atoms with Gasteiger partial charge in [-0.05, 0) is 30.7 Å². The summed E-state index contributed by atoms with van der Waals surface area (Å²) in [6.45, 7) is 1.40. The van der Waals surface area contributed by atoms with Crippen molar-refractivity contribution < 1.29 is 22.7 Å². The number of nitrogens with zero attached hydrogens (tertiary/aromatic N) is 3. The molecule has 0 saturated carbocycles. The third-order valence-electron chi connectivity index (χ3n) is 5.58. The summed E-state index contributed by atoms with van der Waals surface area (Å²) in [6, 6.07) is 11.6. The molecule has 0 N–H and O–H groups in total. The molecule has 2 aromatic rings. The normalized spacial score (nSPS) is 23.4. The molecule has 1 amide bonds. The highest BCUT2D eigenvalue weighted by molar-refractivity contribution is 7.89. The van der Waals surface area contributed by atoms with Crippen molar-refractivity contribution in [3.63, 3.8) is 0 Å². The van der Waals surface area contributed by atoms with Crippen LogP contribution in [0.2, 0.25) is 0 Å². The van der Waals surface area contributed by atoms with Gasteiger partial charge in [-0.3, -0.25) is 9.78 Å². The Morgan fingerprint density at radius 1 is 1.17 bits per heavy atom. The van der Waals surface area contributed by atoms with Crippen LogP contribution in [-0.4, -0.2) is 74.0 Å². The maximum atomic E-state index is 13.4. The summed E-state index contributed by atoms with van der Waals surface area (Å²) < 4.78 is 39.7. The lowest BCUT2D eigenvalue weighted by atomic mass is 10.1. The molecule has 0 radical (unpaired) electrons. The number of fused-ring (bicyclic) bond motifs is 2. The van der Waals surface area contributed by atoms with Gasteiger partial charge in [0.2, 0.25) is 10.0 Å². The number of para-hydroxylation sites is 1. The maximum absolute atomic E-state index is 13.4. The Bertz CT molecular complexity index is 999. The van der Waals surface area contributed by atoms with Gasteiger partial charge in [0.05, 0.1) is 12.6 Å². The van der Waals surface area contributed by atoms with Crippen LogP contribution in [-0.2, 0) is 14.8 Å². The van der Waals surface area contributed by atoms with Gasteiger partial charge < -0.3 is 14.4 Å². The number of rotatable bonds is 4. The van der Waals surface area contributed by atoms with E-state index in [0.717, 1.165) is 0 Å². The number of aromatic nitrogens is 1. The molecule has 30 heavy (non-hydrogen) atoms. The Hall–Kier alpha value is -2.49. The molecule has 0 spiro atoms. The van der Waals surface area contributed by atoms with Gasteiger partial charge in [-0.1, -0.05) is 18.2 Å². The second-order valence-corrected chi connectivity index (χ2v) is 9.22. The number of hydrogen-bond acceptors (Lipinski definition) is 6. The standard InChI is InChI=1S/C21H25N3O5S/c1-28-15-14-24-17-9-12-23(21(25)16-6-4-5-11-22-16)13-10-18(17)29-19-7-2-3-8-20(19)30(24,26)27/h2-8,11,17-18H,9-10,12-15H2,1H3/t17-,18-/m1/s1. The highest BCUT2D eigenvalue weighted by Crippen LogP contribution is 2.36. The van der Waals surface area contributed by atoms with Crippen LogP contribution in [0.3, 0.4) is 0 Å². The molecule has 0 bridgehead atoms. The van der Waals surface area contributed by atoms with E-state index in [1.54, 1.807) is 60.7 Å². The summed E-state index contributed by atoms with van der Waals surface area (Å²) in [5.74, 6) is 0.204. The predicted molar refractivity (Wildman–Crippen MR) is 110 cm³/mol. The molecule has 1 aromatic heterocycles. The highest BCUT2D eigenvalue weighted by atomic mass is 32.2. The van der Waals surface area contributed by atoms with E-state index in [-0.39, 0.29) is 36.1 Å². The monoisotopic (exact) mass is 431 g/mol. The van der Waals surface area contributed by atoms with Crippen molar-refractivity contribution in [1.82, 2.24) is 14.2 Å². The lowest BCUT2D eigenvalue weighted by Crippen LogP contribution is -2.48. The minimum Gasteiger partial charge on any atom is -0.487 e. The van der Waals surface area contributed by atoms with Crippen molar-refractivity contribution in [2.45, 2.75) is 29.9 Å². The molecular weight excluding hydrogens is 406 g/mol. The highest BCUT2D eigenvalue weighted by Gasteiger charge is 2.43. The molecule has 2 atom stereocenters. The molecular formula is C21H25N3O5S. The zero-order valence-electron chi connectivity index (χ0n) is 16.8. The number of sulfonamides is 1. The number of methoxy groups -OCH3 is 1. The van der Waals surface area contributed by atoms with Crippen molar-refractivity contribution in [3.8, 4) is 5.75 Å². The minimum atomic E-state index is -3.76. The zero-order chi connectivity index (χ0) is 21.1. The fraction of sp³-hybridized carbons (Fsp3) is 0.429. The zero-order valence-corrected chi connectivity index (χ0v) is 17.6. The average Bonchev–Trinajstić information content (AvgIpc) is 3.01. The first-order valence-electron chi connectivity index (χ1n) is 9.99. The molecule has 2 aliphatic heterocycles. The SMILES string of the molecule is COCCN1[C@@H]2CCN(C(=O)c3ccccn3)CC[C@H]2Oc2ccccc2S1(=O)=O. The molecule has 9 heteroatoms. The summed E-state index contributed by atoms with van der Waals surface area (Å²) in [5.41, 5.74) is 0.384. The molecule has 4 rings (SSSR count). The summed E-state index contributed by atoms with van der Waals surface area (Å²) in [7, 11) is -2.21. The van der Waals surface area contributed by atoms with Crippen molar-refractivity contribution in [3.05, 3.63) is 54.4 Å². The maximum Gasteiger partial charge on any atom is 0.272 e. The van der Waals surface area contributed by atoms with Crippen LogP contribution >= 0.6 is 0 Å². The molecule has 160 valence electrons. The van der Waals surface area contributed by atoms with E-state index in [1.807, 2.05) is 0 Å². The van der Waals surface area contributed by atoms with Crippen LogP contribution in [0.25, 0.3) is 0 Å². The predicted octanol–water partition coefficient (Wildman–Crippen LogP) is 1.78. The molecule has 2 aliphatic rings. The Kier molecular flexibility index (Phi) is 6.03. The number of hydrogen-bond donors (Lipinski definition) is 0. The topological polar surface area (TPSA) is 89.0 Å². The van der Waals surface area contributed by atoms with Gasteiger partial charge in [-0.2, -0.15) is 4.31 Å². The van der Waals surface area contributed by atoms with Gasteiger partial charge in [0.25, 0.3) is 5.91 Å². The van der Waals surface area contributed by atoms with E-state index in [0.29, 0.717) is 37.4 Å². The summed E-state index contributed by atoms with van der Waals surface area (Å²) in [5, 5.41) is 0. The van der Waals surface area contributed by atoms with Gasteiger partial charge in [0, 0.05) is 39.4 Å². The van der Waals surface area contributed by atoms with E-state index in [2.05, 4.69) is 4.98 Å². The molecule has 3 heterocycles. The number of ether oxygens (including phenoxy) is 2. The van der Waals surface area contributed by atoms with Crippen LogP contribution in [0.15, 0.2) is 53.6 Å². The van der Waals surface area contributed by atoms with E-state index in [9.17, 15) is 13.2 Å². The lowest BCUT2D eigenvalue weighted by molar-refractivity contribution is 0.0749. The largest absolute Gasteiger partial charge is 0.487 e. The van der Waals surface area contributed by atoms with Crippen LogP contribution in [0.5, 0.6) is 5.75 Å². The van der Waals surface area contributed by atoms with Crippen molar-refractivity contribution in [2.24, 2.45) is 0 Å². The first-order valence-corrected chi connectivity index (χ1v) is 11.4. The third-order valence-corrected chi connectivity index (χ3v) is 7.54. The molecule has 1 fully saturated rings. The number of likely N-dealkylation sites (tertiary alicyclic amines) is 1. The Morgan fingerprint density at radius 3 is 2.70 bits per heavy atom. The third kappa shape index (κ3) is 3.92. The van der Waals surface area contributed by atoms with Gasteiger partial charge in [-0.25, -0.2) is 8.42 Å². The fourth-order valence-electron chi connectivity index (χ4n) is 4.08. The van der Waals surface area contributed by atoms with Gasteiger partial charge >= 0.3 is 0 Å². The second-order valence-electron chi connectivity index (χ2n) is 7.36. The first-order chi connectivity index (χ1) is 14.5. The van der Waals surface area contributed by atoms with Crippen molar-refractivity contribution >= 4 is 15.9 Å². The number of carbonyl (C=O) groups is 1. The quantitative estimate of drug-likeness (QED) is 0.733. The number of benzene rings is 1. The Balaban J connectivity index is 1.65. The van der Waals surface area contributed by atoms with Crippen molar-refractivity contribution in [2.75, 3.05) is 33.4 Å². The van der Waals surface area contributed by atoms with E-state index in [1.165, 1.54) is 4.31 Å². The average molecular weight is 432 g/mol.